The van der Waals surface area contributed by atoms with Crippen LogP contribution in [-0.4, -0.2) is 19.1 Å². The maximum absolute atomic E-state index is 15.0. The highest BCUT2D eigenvalue weighted by molar-refractivity contribution is 5.56. The van der Waals surface area contributed by atoms with Crippen molar-refractivity contribution in [1.29, 1.82) is 5.26 Å². The maximum Gasteiger partial charge on any atom is 0.371 e. The van der Waals surface area contributed by atoms with Crippen molar-refractivity contribution < 1.29 is 44.9 Å². The Morgan fingerprint density at radius 1 is 1.00 bits per heavy atom. The first-order valence-electron chi connectivity index (χ1n) is 9.34. The van der Waals surface area contributed by atoms with Gasteiger partial charge in [-0.25, -0.2) is 13.2 Å². The van der Waals surface area contributed by atoms with Crippen molar-refractivity contribution in [3.05, 3.63) is 58.4 Å². The van der Waals surface area contributed by atoms with Crippen LogP contribution in [0, 0.1) is 17.1 Å². The average molecular weight is 463 g/mol. The molecule has 2 aromatic carbocycles. The summed E-state index contributed by atoms with van der Waals surface area (Å²) in [6, 6.07) is 5.40. The van der Waals surface area contributed by atoms with E-state index in [0.29, 0.717) is 12.1 Å². The van der Waals surface area contributed by atoms with E-state index in [1.165, 1.54) is 13.8 Å². The van der Waals surface area contributed by atoms with Crippen LogP contribution in [0.5, 0.6) is 11.5 Å². The molecule has 0 spiro atoms. The zero-order valence-electron chi connectivity index (χ0n) is 16.7. The molecule has 4 nitrogen and oxygen atoms in total. The summed E-state index contributed by atoms with van der Waals surface area (Å²) in [5.41, 5.74) is -4.18. The molecule has 0 heterocycles. The van der Waals surface area contributed by atoms with E-state index in [1.54, 1.807) is 6.07 Å². The Labute approximate surface area is 178 Å². The van der Waals surface area contributed by atoms with Crippen molar-refractivity contribution in [2.75, 3.05) is 13.2 Å². The Bertz CT molecular complexity index is 1060. The van der Waals surface area contributed by atoms with Crippen molar-refractivity contribution in [3.8, 4) is 17.6 Å². The molecule has 0 atom stereocenters. The molecule has 2 aromatic rings. The number of halogens is 7. The molecular weight excluding hydrogens is 447 g/mol. The summed E-state index contributed by atoms with van der Waals surface area (Å²) < 4.78 is 116. The molecular formula is C21H16F7NO3. The Kier molecular flexibility index (Phi) is 6.14. The third-order valence-electron chi connectivity index (χ3n) is 4.82. The highest BCUT2D eigenvalue weighted by Crippen LogP contribution is 2.64. The zero-order valence-corrected chi connectivity index (χ0v) is 16.7. The molecule has 0 radical (unpaired) electrons. The lowest BCUT2D eigenvalue weighted by atomic mass is 9.98. The normalized spacial score (nSPS) is 17.8. The van der Waals surface area contributed by atoms with Gasteiger partial charge in [-0.2, -0.15) is 22.8 Å². The fourth-order valence-electron chi connectivity index (χ4n) is 3.64. The van der Waals surface area contributed by atoms with Gasteiger partial charge in [-0.05, 0) is 38.1 Å². The molecule has 1 aliphatic rings. The van der Waals surface area contributed by atoms with Crippen molar-refractivity contribution in [2.45, 2.75) is 37.9 Å². The van der Waals surface area contributed by atoms with Crippen LogP contribution in [0.4, 0.5) is 30.7 Å². The lowest BCUT2D eigenvalue weighted by Crippen LogP contribution is -2.52. The van der Waals surface area contributed by atoms with Crippen LogP contribution in [0.15, 0.2) is 30.3 Å². The van der Waals surface area contributed by atoms with E-state index in [2.05, 4.69) is 0 Å². The van der Waals surface area contributed by atoms with E-state index < -0.39 is 71.3 Å². The SMILES string of the molecule is CCOC1(OCC)c2c(ccc(Oc3cc(F)cc(C#N)c3)c2C(F)F)C(F)(F)C1(F)F. The van der Waals surface area contributed by atoms with Crippen LogP contribution in [-0.2, 0) is 21.2 Å². The minimum atomic E-state index is -5.04. The van der Waals surface area contributed by atoms with Gasteiger partial charge in [-0.1, -0.05) is 0 Å². The average Bonchev–Trinajstić information content (AvgIpc) is 2.83. The molecule has 0 N–H and O–H groups in total. The van der Waals surface area contributed by atoms with Crippen LogP contribution < -0.4 is 4.74 Å². The second-order valence-electron chi connectivity index (χ2n) is 6.72. The van der Waals surface area contributed by atoms with E-state index in [1.807, 2.05) is 0 Å². The first-order valence-corrected chi connectivity index (χ1v) is 9.34. The molecule has 11 heteroatoms. The van der Waals surface area contributed by atoms with Gasteiger partial charge in [0.2, 0.25) is 0 Å². The first kappa shape index (κ1) is 23.8. The van der Waals surface area contributed by atoms with Crippen molar-refractivity contribution in [2.24, 2.45) is 0 Å². The number of alkyl halides is 6. The van der Waals surface area contributed by atoms with E-state index in [-0.39, 0.29) is 5.56 Å². The van der Waals surface area contributed by atoms with E-state index in [0.717, 1.165) is 18.2 Å². The smallest absolute Gasteiger partial charge is 0.371 e. The van der Waals surface area contributed by atoms with Gasteiger partial charge in [0.15, 0.2) is 0 Å². The summed E-state index contributed by atoms with van der Waals surface area (Å²) in [5, 5.41) is 8.93. The third kappa shape index (κ3) is 3.38. The van der Waals surface area contributed by atoms with Gasteiger partial charge >= 0.3 is 11.8 Å². The van der Waals surface area contributed by atoms with E-state index in [4.69, 9.17) is 19.5 Å². The van der Waals surface area contributed by atoms with Crippen molar-refractivity contribution in [3.63, 3.8) is 0 Å². The largest absolute Gasteiger partial charge is 0.457 e. The summed E-state index contributed by atoms with van der Waals surface area (Å²) in [7, 11) is 0. The molecule has 0 unspecified atom stereocenters. The standard InChI is InChI=1S/C21H16F7NO3/c1-3-30-20(31-4-2)17-14(19(25,26)21(20,27)28)5-6-15(16(17)18(23)24)32-13-8-11(10-29)7-12(22)9-13/h5-9,18H,3-4H2,1-2H3. The summed E-state index contributed by atoms with van der Waals surface area (Å²) in [5.74, 6) is -15.6. The molecule has 3 rings (SSSR count). The van der Waals surface area contributed by atoms with Gasteiger partial charge in [0, 0.05) is 30.4 Å². The molecule has 0 saturated carbocycles. The molecule has 1 aliphatic carbocycles. The molecule has 32 heavy (non-hydrogen) atoms. The Hall–Kier alpha value is -2.84. The second kappa shape index (κ2) is 8.26. The molecule has 0 aromatic heterocycles. The van der Waals surface area contributed by atoms with Gasteiger partial charge in [-0.15, -0.1) is 0 Å². The lowest BCUT2D eigenvalue weighted by Gasteiger charge is -2.36. The highest BCUT2D eigenvalue weighted by Gasteiger charge is 2.79. The maximum atomic E-state index is 15.0. The van der Waals surface area contributed by atoms with Gasteiger partial charge in [0.1, 0.15) is 17.3 Å². The second-order valence-corrected chi connectivity index (χ2v) is 6.72. The van der Waals surface area contributed by atoms with Crippen LogP contribution >= 0.6 is 0 Å². The summed E-state index contributed by atoms with van der Waals surface area (Å²) in [6.45, 7) is 1.31. The number of nitriles is 1. The lowest BCUT2D eigenvalue weighted by molar-refractivity contribution is -0.385. The minimum Gasteiger partial charge on any atom is -0.457 e. The molecule has 0 saturated heterocycles. The molecule has 172 valence electrons. The number of fused-ring (bicyclic) bond motifs is 1. The third-order valence-corrected chi connectivity index (χ3v) is 4.82. The number of rotatable bonds is 7. The first-order chi connectivity index (χ1) is 15.0. The van der Waals surface area contributed by atoms with Crippen LogP contribution in [0.3, 0.4) is 0 Å². The number of ether oxygens (including phenoxy) is 3. The van der Waals surface area contributed by atoms with Crippen LogP contribution in [0.25, 0.3) is 0 Å². The zero-order chi connectivity index (χ0) is 23.9. The minimum absolute atomic E-state index is 0.212. The Balaban J connectivity index is 2.31. The van der Waals surface area contributed by atoms with Gasteiger partial charge in [-0.3, -0.25) is 0 Å². The fraction of sp³-hybridized carbons (Fsp3) is 0.381. The Morgan fingerprint density at radius 3 is 2.16 bits per heavy atom. The molecule has 0 bridgehead atoms. The predicted molar refractivity (Wildman–Crippen MR) is 96.4 cm³/mol. The predicted octanol–water partition coefficient (Wildman–Crippen LogP) is 6.39. The number of hydrogen-bond donors (Lipinski definition) is 0. The van der Waals surface area contributed by atoms with Gasteiger partial charge < -0.3 is 14.2 Å². The topological polar surface area (TPSA) is 51.5 Å². The number of benzene rings is 2. The van der Waals surface area contributed by atoms with Gasteiger partial charge in [0.05, 0.1) is 17.2 Å². The van der Waals surface area contributed by atoms with E-state index in [9.17, 15) is 30.7 Å². The number of hydrogen-bond acceptors (Lipinski definition) is 4. The van der Waals surface area contributed by atoms with E-state index >= 15 is 0 Å². The van der Waals surface area contributed by atoms with Crippen molar-refractivity contribution in [1.82, 2.24) is 0 Å². The molecule has 0 aliphatic heterocycles. The molecule has 0 fully saturated rings. The van der Waals surface area contributed by atoms with Gasteiger partial charge in [0.25, 0.3) is 12.2 Å². The summed E-state index contributed by atoms with van der Waals surface area (Å²) >= 11 is 0. The van der Waals surface area contributed by atoms with Crippen molar-refractivity contribution >= 4 is 0 Å². The monoisotopic (exact) mass is 463 g/mol. The van der Waals surface area contributed by atoms with Crippen LogP contribution in [0.1, 0.15) is 42.5 Å². The number of nitrogens with zero attached hydrogens (tertiary/aromatic N) is 1. The fourth-order valence-corrected chi connectivity index (χ4v) is 3.64. The Morgan fingerprint density at radius 2 is 1.62 bits per heavy atom. The highest BCUT2D eigenvalue weighted by atomic mass is 19.3. The summed E-state index contributed by atoms with van der Waals surface area (Å²) in [4.78, 5) is 0. The van der Waals surface area contributed by atoms with Crippen LogP contribution in [0.2, 0.25) is 0 Å². The molecule has 0 amide bonds. The quantitative estimate of drug-likeness (QED) is 0.353. The summed E-state index contributed by atoms with van der Waals surface area (Å²) in [6.07, 6.45) is -3.58.